The van der Waals surface area contributed by atoms with Crippen molar-refractivity contribution in [2.24, 2.45) is 11.8 Å². The van der Waals surface area contributed by atoms with E-state index in [1.165, 1.54) is 6.42 Å². The Balaban J connectivity index is 1.70. The predicted molar refractivity (Wildman–Crippen MR) is 66.8 cm³/mol. The monoisotopic (exact) mass is 240 g/mol. The standard InChI is InChI=1S/C13H24N2O2/c1-15(10-12-2-5-14-9-12)13(16)8-11-3-6-17-7-4-11/h11-12,14H,2-10H2,1H3. The molecule has 2 fully saturated rings. The summed E-state index contributed by atoms with van der Waals surface area (Å²) in [5, 5.41) is 3.34. The first kappa shape index (κ1) is 12.8. The third kappa shape index (κ3) is 3.96. The SMILES string of the molecule is CN(CC1CCNC1)C(=O)CC1CCOCC1. The number of carbonyl (C=O) groups is 1. The van der Waals surface area contributed by atoms with E-state index in [0.717, 1.165) is 45.7 Å². The molecule has 0 aromatic carbocycles. The van der Waals surface area contributed by atoms with Crippen LogP contribution in [-0.4, -0.2) is 50.7 Å². The Hall–Kier alpha value is -0.610. The molecule has 0 bridgehead atoms. The minimum atomic E-state index is 0.309. The van der Waals surface area contributed by atoms with Crippen molar-refractivity contribution in [1.82, 2.24) is 10.2 Å². The first-order valence-electron chi connectivity index (χ1n) is 6.78. The molecule has 4 nitrogen and oxygen atoms in total. The van der Waals surface area contributed by atoms with Crippen LogP contribution in [0.5, 0.6) is 0 Å². The molecule has 2 rings (SSSR count). The zero-order valence-electron chi connectivity index (χ0n) is 10.8. The Morgan fingerprint density at radius 3 is 2.71 bits per heavy atom. The van der Waals surface area contributed by atoms with Crippen LogP contribution in [0.3, 0.4) is 0 Å². The fraction of sp³-hybridized carbons (Fsp3) is 0.923. The molecule has 2 saturated heterocycles. The third-order valence-corrected chi connectivity index (χ3v) is 3.92. The average molecular weight is 240 g/mol. The highest BCUT2D eigenvalue weighted by molar-refractivity contribution is 5.76. The van der Waals surface area contributed by atoms with Crippen LogP contribution in [0.4, 0.5) is 0 Å². The topological polar surface area (TPSA) is 41.6 Å². The summed E-state index contributed by atoms with van der Waals surface area (Å²) in [6.45, 7) is 4.74. The highest BCUT2D eigenvalue weighted by Crippen LogP contribution is 2.19. The second-order valence-corrected chi connectivity index (χ2v) is 5.39. The summed E-state index contributed by atoms with van der Waals surface area (Å²) in [7, 11) is 1.94. The van der Waals surface area contributed by atoms with Crippen LogP contribution >= 0.6 is 0 Å². The lowest BCUT2D eigenvalue weighted by molar-refractivity contribution is -0.132. The molecule has 0 radical (unpaired) electrons. The Kier molecular flexibility index (Phi) is 4.80. The van der Waals surface area contributed by atoms with Gasteiger partial charge in [0.15, 0.2) is 0 Å². The first-order chi connectivity index (χ1) is 8.25. The lowest BCUT2D eigenvalue weighted by Crippen LogP contribution is -2.34. The maximum atomic E-state index is 12.1. The molecule has 2 aliphatic heterocycles. The third-order valence-electron chi connectivity index (χ3n) is 3.92. The minimum absolute atomic E-state index is 0.309. The van der Waals surface area contributed by atoms with Crippen LogP contribution in [0, 0.1) is 11.8 Å². The highest BCUT2D eigenvalue weighted by atomic mass is 16.5. The number of amides is 1. The maximum Gasteiger partial charge on any atom is 0.222 e. The summed E-state index contributed by atoms with van der Waals surface area (Å²) >= 11 is 0. The molecule has 0 aromatic rings. The van der Waals surface area contributed by atoms with Gasteiger partial charge in [0, 0.05) is 33.2 Å². The Morgan fingerprint density at radius 1 is 1.29 bits per heavy atom. The van der Waals surface area contributed by atoms with Gasteiger partial charge < -0.3 is 15.0 Å². The van der Waals surface area contributed by atoms with Crippen molar-refractivity contribution in [3.63, 3.8) is 0 Å². The molecule has 2 heterocycles. The smallest absolute Gasteiger partial charge is 0.222 e. The van der Waals surface area contributed by atoms with Gasteiger partial charge >= 0.3 is 0 Å². The Labute approximate surface area is 104 Å². The normalized spacial score (nSPS) is 26.1. The van der Waals surface area contributed by atoms with Crippen molar-refractivity contribution in [3.05, 3.63) is 0 Å². The molecule has 1 amide bonds. The van der Waals surface area contributed by atoms with E-state index in [2.05, 4.69) is 5.32 Å². The minimum Gasteiger partial charge on any atom is -0.381 e. The Morgan fingerprint density at radius 2 is 2.06 bits per heavy atom. The van der Waals surface area contributed by atoms with Gasteiger partial charge in [-0.15, -0.1) is 0 Å². The summed E-state index contributed by atoms with van der Waals surface area (Å²) in [5.41, 5.74) is 0. The van der Waals surface area contributed by atoms with E-state index in [1.807, 2.05) is 11.9 Å². The molecule has 98 valence electrons. The molecule has 0 spiro atoms. The van der Waals surface area contributed by atoms with E-state index in [1.54, 1.807) is 0 Å². The van der Waals surface area contributed by atoms with Gasteiger partial charge in [0.25, 0.3) is 0 Å². The molecule has 1 atom stereocenters. The zero-order valence-corrected chi connectivity index (χ0v) is 10.8. The number of ether oxygens (including phenoxy) is 1. The number of nitrogens with one attached hydrogen (secondary N) is 1. The molecule has 1 N–H and O–H groups in total. The number of hydrogen-bond acceptors (Lipinski definition) is 3. The maximum absolute atomic E-state index is 12.1. The van der Waals surface area contributed by atoms with E-state index >= 15 is 0 Å². The number of rotatable bonds is 4. The van der Waals surface area contributed by atoms with Gasteiger partial charge in [0.05, 0.1) is 0 Å². The molecular formula is C13H24N2O2. The van der Waals surface area contributed by atoms with Crippen LogP contribution in [0.15, 0.2) is 0 Å². The molecule has 4 heteroatoms. The van der Waals surface area contributed by atoms with Crippen molar-refractivity contribution in [3.8, 4) is 0 Å². The van der Waals surface area contributed by atoms with Gasteiger partial charge in [0.2, 0.25) is 5.91 Å². The molecule has 17 heavy (non-hydrogen) atoms. The van der Waals surface area contributed by atoms with Crippen LogP contribution in [0.2, 0.25) is 0 Å². The van der Waals surface area contributed by atoms with Crippen LogP contribution in [0.1, 0.15) is 25.7 Å². The van der Waals surface area contributed by atoms with Crippen molar-refractivity contribution in [2.75, 3.05) is 39.9 Å². The summed E-state index contributed by atoms with van der Waals surface area (Å²) < 4.78 is 5.32. The van der Waals surface area contributed by atoms with E-state index in [0.29, 0.717) is 24.2 Å². The van der Waals surface area contributed by atoms with E-state index in [4.69, 9.17) is 4.74 Å². The first-order valence-corrected chi connectivity index (χ1v) is 6.78. The molecule has 0 aliphatic carbocycles. The Bertz CT molecular complexity index is 246. The molecule has 0 aromatic heterocycles. The lowest BCUT2D eigenvalue weighted by Gasteiger charge is -2.25. The van der Waals surface area contributed by atoms with Crippen LogP contribution < -0.4 is 5.32 Å². The summed E-state index contributed by atoms with van der Waals surface area (Å²) in [6.07, 6.45) is 4.00. The lowest BCUT2D eigenvalue weighted by atomic mass is 9.96. The van der Waals surface area contributed by atoms with Gasteiger partial charge in [-0.1, -0.05) is 0 Å². The van der Waals surface area contributed by atoms with Crippen molar-refractivity contribution < 1.29 is 9.53 Å². The number of nitrogens with zero attached hydrogens (tertiary/aromatic N) is 1. The second-order valence-electron chi connectivity index (χ2n) is 5.39. The second kappa shape index (κ2) is 6.36. The fourth-order valence-corrected chi connectivity index (χ4v) is 2.71. The average Bonchev–Trinajstić information content (AvgIpc) is 2.83. The van der Waals surface area contributed by atoms with Gasteiger partial charge in [-0.05, 0) is 44.2 Å². The van der Waals surface area contributed by atoms with Gasteiger partial charge in [-0.2, -0.15) is 0 Å². The molecule has 2 aliphatic rings. The van der Waals surface area contributed by atoms with Gasteiger partial charge in [-0.25, -0.2) is 0 Å². The van der Waals surface area contributed by atoms with Crippen LogP contribution in [0.25, 0.3) is 0 Å². The quantitative estimate of drug-likeness (QED) is 0.793. The molecule has 0 saturated carbocycles. The van der Waals surface area contributed by atoms with Crippen molar-refractivity contribution in [1.29, 1.82) is 0 Å². The molecular weight excluding hydrogens is 216 g/mol. The number of hydrogen-bond donors (Lipinski definition) is 1. The summed E-state index contributed by atoms with van der Waals surface area (Å²) in [6, 6.07) is 0. The van der Waals surface area contributed by atoms with Gasteiger partial charge in [0.1, 0.15) is 0 Å². The fourth-order valence-electron chi connectivity index (χ4n) is 2.71. The van der Waals surface area contributed by atoms with Crippen molar-refractivity contribution in [2.45, 2.75) is 25.7 Å². The predicted octanol–water partition coefficient (Wildman–Crippen LogP) is 0.871. The van der Waals surface area contributed by atoms with E-state index in [9.17, 15) is 4.79 Å². The number of carbonyl (C=O) groups excluding carboxylic acids is 1. The van der Waals surface area contributed by atoms with Crippen LogP contribution in [-0.2, 0) is 9.53 Å². The van der Waals surface area contributed by atoms with E-state index < -0.39 is 0 Å². The van der Waals surface area contributed by atoms with E-state index in [-0.39, 0.29) is 0 Å². The largest absolute Gasteiger partial charge is 0.381 e. The zero-order chi connectivity index (χ0) is 12.1. The summed E-state index contributed by atoms with van der Waals surface area (Å²) in [5.74, 6) is 1.50. The van der Waals surface area contributed by atoms with Gasteiger partial charge in [-0.3, -0.25) is 4.79 Å². The summed E-state index contributed by atoms with van der Waals surface area (Å²) in [4.78, 5) is 14.0. The van der Waals surface area contributed by atoms with Crippen molar-refractivity contribution >= 4 is 5.91 Å². The molecule has 1 unspecified atom stereocenters. The highest BCUT2D eigenvalue weighted by Gasteiger charge is 2.22.